The number of carbonyl (C=O) groups excluding carboxylic acids is 1. The van der Waals surface area contributed by atoms with Crippen LogP contribution in [0, 0.1) is 5.82 Å². The predicted octanol–water partition coefficient (Wildman–Crippen LogP) is 8.93. The van der Waals surface area contributed by atoms with E-state index in [-0.39, 0.29) is 23.7 Å². The number of amides is 1. The number of hydrogen-bond acceptors (Lipinski definition) is 4. The number of nitrogens with one attached hydrogen (secondary N) is 1. The first-order chi connectivity index (χ1) is 22.2. The highest BCUT2D eigenvalue weighted by atomic mass is 35.5. The summed E-state index contributed by atoms with van der Waals surface area (Å²) in [7, 11) is 0. The molecular weight excluding hydrogens is 628 g/mol. The van der Waals surface area contributed by atoms with Gasteiger partial charge in [-0.2, -0.15) is 0 Å². The number of nitrogens with zero attached hydrogens (tertiary/aromatic N) is 2. The minimum absolute atomic E-state index is 0.0791. The summed E-state index contributed by atoms with van der Waals surface area (Å²) in [6, 6.07) is 24.3. The van der Waals surface area contributed by atoms with E-state index in [1.165, 1.54) is 24.3 Å². The molecule has 0 aliphatic heterocycles. The molecular formula is C36H32Cl2FN3O4. The number of aryl methyl sites for hydroxylation is 1. The molecule has 0 aliphatic rings. The number of ether oxygens (including phenoxy) is 1. The molecule has 0 aliphatic carbocycles. The molecule has 1 atom stereocenters. The maximum absolute atomic E-state index is 13.5. The number of unbranched alkanes of at least 4 members (excludes halogenated alkanes) is 1. The van der Waals surface area contributed by atoms with Crippen LogP contribution >= 0.6 is 23.2 Å². The van der Waals surface area contributed by atoms with Crippen LogP contribution in [0.15, 0.2) is 97.2 Å². The maximum atomic E-state index is 13.5. The second-order valence-electron chi connectivity index (χ2n) is 10.9. The van der Waals surface area contributed by atoms with Gasteiger partial charge in [0.1, 0.15) is 23.1 Å². The minimum atomic E-state index is -1.01. The van der Waals surface area contributed by atoms with Gasteiger partial charge in [0.2, 0.25) is 5.91 Å². The fourth-order valence-electron chi connectivity index (χ4n) is 5.01. The number of aromatic nitrogens is 2. The number of imidazole rings is 1. The summed E-state index contributed by atoms with van der Waals surface area (Å²) in [6.45, 7) is 2.81. The molecule has 0 fully saturated rings. The second-order valence-corrected chi connectivity index (χ2v) is 11.7. The Kier molecular flexibility index (Phi) is 10.7. The van der Waals surface area contributed by atoms with Crippen molar-refractivity contribution in [2.75, 3.05) is 0 Å². The summed E-state index contributed by atoms with van der Waals surface area (Å²) in [5, 5.41) is 13.3. The number of rotatable bonds is 13. The highest BCUT2D eigenvalue weighted by molar-refractivity contribution is 6.36. The SMILES string of the molecule is CCCCn1cc(-c2ccc(Cl)cc2Cl)nc1[C@H](Cc1ccc(Oc2ccc(C(=O)O)cc2)cc1)NC(=O)Cc1ccc(F)cc1. The second kappa shape index (κ2) is 15.1. The van der Waals surface area contributed by atoms with Gasteiger partial charge in [-0.3, -0.25) is 4.79 Å². The van der Waals surface area contributed by atoms with Gasteiger partial charge < -0.3 is 19.7 Å². The summed E-state index contributed by atoms with van der Waals surface area (Å²) < 4.78 is 21.4. The summed E-state index contributed by atoms with van der Waals surface area (Å²) in [6.07, 6.45) is 4.34. The molecule has 7 nitrogen and oxygen atoms in total. The van der Waals surface area contributed by atoms with E-state index in [9.17, 15) is 14.0 Å². The molecule has 2 N–H and O–H groups in total. The van der Waals surface area contributed by atoms with Crippen LogP contribution in [0.2, 0.25) is 10.0 Å². The van der Waals surface area contributed by atoms with Crippen LogP contribution in [0.3, 0.4) is 0 Å². The van der Waals surface area contributed by atoms with Crippen molar-refractivity contribution in [2.24, 2.45) is 0 Å². The molecule has 5 aromatic rings. The monoisotopic (exact) mass is 659 g/mol. The van der Waals surface area contributed by atoms with Gasteiger partial charge in [-0.15, -0.1) is 0 Å². The van der Waals surface area contributed by atoms with E-state index in [4.69, 9.17) is 38.0 Å². The molecule has 10 heteroatoms. The van der Waals surface area contributed by atoms with E-state index in [0.29, 0.717) is 51.6 Å². The lowest BCUT2D eigenvalue weighted by Crippen LogP contribution is -2.33. The van der Waals surface area contributed by atoms with Crippen molar-refractivity contribution in [1.82, 2.24) is 14.9 Å². The quantitative estimate of drug-likeness (QED) is 0.132. The number of carboxylic acids is 1. The molecule has 1 heterocycles. The molecule has 1 aromatic heterocycles. The standard InChI is InChI=1S/C36H32Cl2FN3O4/c1-2-3-18-42-22-33(30-17-10-26(37)21-31(30)38)41-35(42)32(40-34(43)20-24-4-11-27(39)12-5-24)19-23-6-13-28(14-7-23)46-29-15-8-25(9-16-29)36(44)45/h4-17,21-22,32H,2-3,18-20H2,1H3,(H,40,43)(H,44,45)/t32-/m0/s1. The lowest BCUT2D eigenvalue weighted by atomic mass is 10.0. The first kappa shape index (κ1) is 32.7. The van der Waals surface area contributed by atoms with Gasteiger partial charge in [0.25, 0.3) is 0 Å². The molecule has 1 amide bonds. The number of benzene rings is 4. The zero-order valence-electron chi connectivity index (χ0n) is 25.1. The number of aromatic carboxylic acids is 1. The van der Waals surface area contributed by atoms with E-state index in [0.717, 1.165) is 24.0 Å². The van der Waals surface area contributed by atoms with Crippen LogP contribution in [0.5, 0.6) is 11.5 Å². The predicted molar refractivity (Wildman–Crippen MR) is 177 cm³/mol. The topological polar surface area (TPSA) is 93.5 Å². The molecule has 0 spiro atoms. The zero-order valence-corrected chi connectivity index (χ0v) is 26.6. The summed E-state index contributed by atoms with van der Waals surface area (Å²) in [5.41, 5.74) is 3.20. The number of carboxylic acid groups (broad SMARTS) is 1. The van der Waals surface area contributed by atoms with Gasteiger partial charge in [-0.1, -0.05) is 60.8 Å². The van der Waals surface area contributed by atoms with E-state index < -0.39 is 12.0 Å². The van der Waals surface area contributed by atoms with Crippen LogP contribution in [0.1, 0.15) is 53.1 Å². The molecule has 0 radical (unpaired) electrons. The van der Waals surface area contributed by atoms with Crippen LogP contribution in [0.25, 0.3) is 11.3 Å². The Morgan fingerprint density at radius 2 is 1.59 bits per heavy atom. The Labute approximate surface area is 276 Å². The molecule has 0 saturated heterocycles. The first-order valence-corrected chi connectivity index (χ1v) is 15.6. The first-order valence-electron chi connectivity index (χ1n) is 14.8. The number of hydrogen-bond donors (Lipinski definition) is 2. The van der Waals surface area contributed by atoms with Crippen LogP contribution < -0.4 is 10.1 Å². The lowest BCUT2D eigenvalue weighted by Gasteiger charge is -2.20. The Hall–Kier alpha value is -4.66. The van der Waals surface area contributed by atoms with Gasteiger partial charge in [0.05, 0.1) is 28.7 Å². The molecule has 4 aromatic carbocycles. The normalized spacial score (nSPS) is 11.7. The lowest BCUT2D eigenvalue weighted by molar-refractivity contribution is -0.121. The fraction of sp³-hybridized carbons (Fsp3) is 0.194. The van der Waals surface area contributed by atoms with Crippen molar-refractivity contribution in [1.29, 1.82) is 0 Å². The van der Waals surface area contributed by atoms with Gasteiger partial charge in [-0.25, -0.2) is 14.2 Å². The van der Waals surface area contributed by atoms with Crippen LogP contribution in [-0.2, 0) is 24.2 Å². The third-order valence-corrected chi connectivity index (χ3v) is 7.94. The van der Waals surface area contributed by atoms with Crippen molar-refractivity contribution in [3.05, 3.63) is 136 Å². The number of halogens is 3. The Bertz CT molecular complexity index is 1810. The maximum Gasteiger partial charge on any atom is 0.335 e. The van der Waals surface area contributed by atoms with E-state index in [2.05, 4.69) is 16.8 Å². The van der Waals surface area contributed by atoms with Gasteiger partial charge in [0, 0.05) is 23.3 Å². The van der Waals surface area contributed by atoms with Gasteiger partial charge >= 0.3 is 5.97 Å². The Balaban J connectivity index is 1.43. The van der Waals surface area contributed by atoms with Crippen molar-refractivity contribution >= 4 is 35.1 Å². The molecule has 5 rings (SSSR count). The summed E-state index contributed by atoms with van der Waals surface area (Å²) in [5.74, 6) is 0.174. The van der Waals surface area contributed by atoms with Crippen LogP contribution in [-0.4, -0.2) is 26.5 Å². The van der Waals surface area contributed by atoms with E-state index >= 15 is 0 Å². The van der Waals surface area contributed by atoms with Gasteiger partial charge in [-0.05, 0) is 90.7 Å². The smallest absolute Gasteiger partial charge is 0.335 e. The average molecular weight is 661 g/mol. The van der Waals surface area contributed by atoms with Crippen molar-refractivity contribution in [2.45, 2.75) is 45.2 Å². The van der Waals surface area contributed by atoms with E-state index in [1.54, 1.807) is 36.4 Å². The Morgan fingerprint density at radius 1 is 0.935 bits per heavy atom. The fourth-order valence-corrected chi connectivity index (χ4v) is 5.52. The summed E-state index contributed by atoms with van der Waals surface area (Å²) in [4.78, 5) is 29.5. The van der Waals surface area contributed by atoms with E-state index in [1.807, 2.05) is 36.5 Å². The molecule has 0 bridgehead atoms. The average Bonchev–Trinajstić information content (AvgIpc) is 3.45. The van der Waals surface area contributed by atoms with Crippen molar-refractivity contribution < 1.29 is 23.8 Å². The minimum Gasteiger partial charge on any atom is -0.478 e. The molecule has 0 saturated carbocycles. The molecule has 0 unspecified atom stereocenters. The summed E-state index contributed by atoms with van der Waals surface area (Å²) >= 11 is 12.7. The van der Waals surface area contributed by atoms with Gasteiger partial charge in [0.15, 0.2) is 0 Å². The van der Waals surface area contributed by atoms with Crippen LogP contribution in [0.4, 0.5) is 4.39 Å². The third-order valence-electron chi connectivity index (χ3n) is 7.39. The third kappa shape index (κ3) is 8.53. The number of carbonyl (C=O) groups is 2. The molecule has 46 heavy (non-hydrogen) atoms. The Morgan fingerprint density at radius 3 is 2.22 bits per heavy atom. The van der Waals surface area contributed by atoms with Crippen molar-refractivity contribution in [3.8, 4) is 22.8 Å². The largest absolute Gasteiger partial charge is 0.478 e. The highest BCUT2D eigenvalue weighted by Gasteiger charge is 2.23. The zero-order chi connectivity index (χ0) is 32.6. The molecule has 236 valence electrons. The van der Waals surface area contributed by atoms with Crippen molar-refractivity contribution in [3.63, 3.8) is 0 Å². The highest BCUT2D eigenvalue weighted by Crippen LogP contribution is 2.32.